The van der Waals surface area contributed by atoms with E-state index in [1.54, 1.807) is 30.3 Å². The number of benzene rings is 1. The van der Waals surface area contributed by atoms with E-state index in [9.17, 15) is 4.79 Å². The molecule has 1 amide bonds. The van der Waals surface area contributed by atoms with Gasteiger partial charge in [0.05, 0.1) is 6.54 Å². The highest BCUT2D eigenvalue weighted by molar-refractivity contribution is 14.0. The van der Waals surface area contributed by atoms with E-state index in [1.165, 1.54) is 0 Å². The molecule has 28 heavy (non-hydrogen) atoms. The van der Waals surface area contributed by atoms with Crippen molar-refractivity contribution in [2.24, 2.45) is 4.99 Å². The molecule has 0 saturated carbocycles. The smallest absolute Gasteiger partial charge is 0.246 e. The third-order valence-corrected chi connectivity index (χ3v) is 3.66. The number of methoxy groups -OCH3 is 1. The van der Waals surface area contributed by atoms with Crippen molar-refractivity contribution in [3.8, 4) is 0 Å². The highest BCUT2D eigenvalue weighted by atomic mass is 127. The van der Waals surface area contributed by atoms with Gasteiger partial charge in [-0.05, 0) is 37.1 Å². The molecule has 1 heterocycles. The standard InChI is InChI=1S/C19H28N6O2.HI/c1-3-20-19(21-9-6-12-27-2)22-14-16-7-4-8-17(13-16)24-18(26)15-25-11-5-10-23-25;/h4-5,7-8,10-11,13H,3,6,9,12,14-15H2,1-2H3,(H,24,26)(H2,20,21,22);1H. The monoisotopic (exact) mass is 500 g/mol. The van der Waals surface area contributed by atoms with Gasteiger partial charge in [-0.25, -0.2) is 4.99 Å². The normalized spacial score (nSPS) is 10.9. The van der Waals surface area contributed by atoms with Gasteiger partial charge in [-0.1, -0.05) is 12.1 Å². The Morgan fingerprint density at radius 1 is 1.29 bits per heavy atom. The molecule has 154 valence electrons. The molecular formula is C19H29IN6O2. The van der Waals surface area contributed by atoms with Crippen LogP contribution >= 0.6 is 24.0 Å². The van der Waals surface area contributed by atoms with Gasteiger partial charge in [0.1, 0.15) is 6.54 Å². The summed E-state index contributed by atoms with van der Waals surface area (Å²) >= 11 is 0. The fourth-order valence-electron chi connectivity index (χ4n) is 2.42. The van der Waals surface area contributed by atoms with Gasteiger partial charge < -0.3 is 20.7 Å². The third kappa shape index (κ3) is 9.18. The number of halogens is 1. The summed E-state index contributed by atoms with van der Waals surface area (Å²) in [4.78, 5) is 16.7. The van der Waals surface area contributed by atoms with Gasteiger partial charge in [-0.3, -0.25) is 9.48 Å². The number of aromatic nitrogens is 2. The van der Waals surface area contributed by atoms with Crippen LogP contribution in [0.25, 0.3) is 0 Å². The SMILES string of the molecule is CCNC(=NCc1cccc(NC(=O)Cn2cccn2)c1)NCCCOC.I. The molecule has 0 fully saturated rings. The molecule has 0 saturated heterocycles. The molecular weight excluding hydrogens is 471 g/mol. The number of hydrogen-bond donors (Lipinski definition) is 3. The van der Waals surface area contributed by atoms with Gasteiger partial charge >= 0.3 is 0 Å². The maximum Gasteiger partial charge on any atom is 0.246 e. The fraction of sp³-hybridized carbons (Fsp3) is 0.421. The van der Waals surface area contributed by atoms with E-state index >= 15 is 0 Å². The van der Waals surface area contributed by atoms with Crippen LogP contribution in [0.5, 0.6) is 0 Å². The molecule has 8 nitrogen and oxygen atoms in total. The Morgan fingerprint density at radius 2 is 2.14 bits per heavy atom. The first kappa shape index (κ1) is 23.9. The van der Waals surface area contributed by atoms with E-state index < -0.39 is 0 Å². The van der Waals surface area contributed by atoms with E-state index in [2.05, 4.69) is 26.0 Å². The first-order valence-electron chi connectivity index (χ1n) is 9.08. The average Bonchev–Trinajstić information content (AvgIpc) is 3.16. The molecule has 2 rings (SSSR count). The molecule has 0 aliphatic heterocycles. The third-order valence-electron chi connectivity index (χ3n) is 3.66. The molecule has 1 aromatic heterocycles. The lowest BCUT2D eigenvalue weighted by Crippen LogP contribution is -2.38. The van der Waals surface area contributed by atoms with Crippen molar-refractivity contribution in [3.05, 3.63) is 48.3 Å². The number of carbonyl (C=O) groups is 1. The Labute approximate surface area is 183 Å². The topological polar surface area (TPSA) is 92.6 Å². The number of anilines is 1. The minimum atomic E-state index is -0.118. The second kappa shape index (κ2) is 13.9. The van der Waals surface area contributed by atoms with E-state index in [0.29, 0.717) is 13.2 Å². The second-order valence-electron chi connectivity index (χ2n) is 5.92. The van der Waals surface area contributed by atoms with Gasteiger partial charge in [0.25, 0.3) is 0 Å². The Morgan fingerprint density at radius 3 is 2.86 bits per heavy atom. The summed E-state index contributed by atoms with van der Waals surface area (Å²) < 4.78 is 6.64. The van der Waals surface area contributed by atoms with Crippen LogP contribution in [0.15, 0.2) is 47.7 Å². The van der Waals surface area contributed by atoms with Gasteiger partial charge in [0, 0.05) is 44.9 Å². The highest BCUT2D eigenvalue weighted by Gasteiger charge is 2.04. The maximum absolute atomic E-state index is 12.1. The first-order chi connectivity index (χ1) is 13.2. The van der Waals surface area contributed by atoms with Gasteiger partial charge in [-0.15, -0.1) is 24.0 Å². The number of hydrogen-bond acceptors (Lipinski definition) is 4. The summed E-state index contributed by atoms with van der Waals surface area (Å²) in [5.41, 5.74) is 1.76. The molecule has 0 unspecified atom stereocenters. The number of carbonyl (C=O) groups excluding carboxylic acids is 1. The van der Waals surface area contributed by atoms with E-state index in [-0.39, 0.29) is 36.4 Å². The van der Waals surface area contributed by atoms with E-state index in [0.717, 1.165) is 36.7 Å². The number of nitrogens with zero attached hydrogens (tertiary/aromatic N) is 3. The minimum absolute atomic E-state index is 0. The number of guanidine groups is 1. The zero-order chi connectivity index (χ0) is 19.3. The fourth-order valence-corrected chi connectivity index (χ4v) is 2.42. The van der Waals surface area contributed by atoms with Crippen LogP contribution in [0.4, 0.5) is 5.69 Å². The lowest BCUT2D eigenvalue weighted by Gasteiger charge is -2.11. The number of rotatable bonds is 10. The summed E-state index contributed by atoms with van der Waals surface area (Å²) in [5.74, 6) is 0.647. The lowest BCUT2D eigenvalue weighted by atomic mass is 10.2. The molecule has 9 heteroatoms. The van der Waals surface area contributed by atoms with Crippen LogP contribution < -0.4 is 16.0 Å². The number of amides is 1. The summed E-state index contributed by atoms with van der Waals surface area (Å²) in [6.07, 6.45) is 4.32. The van der Waals surface area contributed by atoms with Gasteiger partial charge in [-0.2, -0.15) is 5.10 Å². The maximum atomic E-state index is 12.1. The van der Waals surface area contributed by atoms with Crippen molar-refractivity contribution >= 4 is 41.5 Å². The van der Waals surface area contributed by atoms with Crippen molar-refractivity contribution in [2.75, 3.05) is 32.1 Å². The van der Waals surface area contributed by atoms with Gasteiger partial charge in [0.15, 0.2) is 5.96 Å². The van der Waals surface area contributed by atoms with E-state index in [1.807, 2.05) is 31.2 Å². The molecule has 0 spiro atoms. The van der Waals surface area contributed by atoms with Crippen LogP contribution in [0, 0.1) is 0 Å². The predicted octanol–water partition coefficient (Wildman–Crippen LogP) is 2.23. The minimum Gasteiger partial charge on any atom is -0.385 e. The summed E-state index contributed by atoms with van der Waals surface area (Å²) in [6, 6.07) is 9.48. The molecule has 0 radical (unpaired) electrons. The van der Waals surface area contributed by atoms with Crippen LogP contribution in [0.1, 0.15) is 18.9 Å². The van der Waals surface area contributed by atoms with Crippen LogP contribution in [0.3, 0.4) is 0 Å². The molecule has 0 aliphatic rings. The van der Waals surface area contributed by atoms with Crippen LogP contribution in [-0.2, 0) is 22.6 Å². The number of aliphatic imine (C=N–C) groups is 1. The average molecular weight is 500 g/mol. The van der Waals surface area contributed by atoms with Crippen LogP contribution in [-0.4, -0.2) is 48.5 Å². The molecule has 2 aromatic rings. The molecule has 0 bridgehead atoms. The summed E-state index contributed by atoms with van der Waals surface area (Å²) in [6.45, 7) is 5.03. The number of ether oxygens (including phenoxy) is 1. The Hall–Kier alpha value is -2.14. The van der Waals surface area contributed by atoms with Crippen LogP contribution in [0.2, 0.25) is 0 Å². The largest absolute Gasteiger partial charge is 0.385 e. The zero-order valence-corrected chi connectivity index (χ0v) is 18.7. The molecule has 0 aliphatic carbocycles. The second-order valence-corrected chi connectivity index (χ2v) is 5.92. The van der Waals surface area contributed by atoms with Crippen molar-refractivity contribution < 1.29 is 9.53 Å². The molecule has 1 aromatic carbocycles. The summed E-state index contributed by atoms with van der Waals surface area (Å²) in [7, 11) is 1.69. The Balaban J connectivity index is 0.00000392. The zero-order valence-electron chi connectivity index (χ0n) is 16.4. The quantitative estimate of drug-likeness (QED) is 0.202. The van der Waals surface area contributed by atoms with Gasteiger partial charge in [0.2, 0.25) is 5.91 Å². The summed E-state index contributed by atoms with van der Waals surface area (Å²) in [5, 5.41) is 13.4. The lowest BCUT2D eigenvalue weighted by molar-refractivity contribution is -0.116. The molecule has 0 atom stereocenters. The first-order valence-corrected chi connectivity index (χ1v) is 9.08. The highest BCUT2D eigenvalue weighted by Crippen LogP contribution is 2.11. The molecule has 3 N–H and O–H groups in total. The predicted molar refractivity (Wildman–Crippen MR) is 122 cm³/mol. The van der Waals surface area contributed by atoms with Crippen molar-refractivity contribution in [1.29, 1.82) is 0 Å². The number of nitrogens with one attached hydrogen (secondary N) is 3. The van der Waals surface area contributed by atoms with Crippen molar-refractivity contribution in [2.45, 2.75) is 26.4 Å². The van der Waals surface area contributed by atoms with Crippen molar-refractivity contribution in [3.63, 3.8) is 0 Å². The Kier molecular flexibility index (Phi) is 11.9. The Bertz CT molecular complexity index is 721. The van der Waals surface area contributed by atoms with E-state index in [4.69, 9.17) is 4.74 Å². The van der Waals surface area contributed by atoms with Crippen molar-refractivity contribution in [1.82, 2.24) is 20.4 Å².